The van der Waals surface area contributed by atoms with Gasteiger partial charge in [-0.05, 0) is 50.6 Å². The topological polar surface area (TPSA) is 104 Å². The number of carbonyl (C=O) groups excluding carboxylic acids is 2. The number of hydrogen-bond donors (Lipinski definition) is 3. The predicted molar refractivity (Wildman–Crippen MR) is 109 cm³/mol. The van der Waals surface area contributed by atoms with Crippen LogP contribution in [0.1, 0.15) is 36.2 Å². The Morgan fingerprint density at radius 1 is 1.07 bits per heavy atom. The van der Waals surface area contributed by atoms with Crippen molar-refractivity contribution in [3.8, 4) is 0 Å². The second kappa shape index (κ2) is 9.36. The summed E-state index contributed by atoms with van der Waals surface area (Å²) in [6, 6.07) is 11.9. The highest BCUT2D eigenvalue weighted by molar-refractivity contribution is 7.92. The number of nitrogens with one attached hydrogen (secondary N) is 3. The number of carbonyl (C=O) groups is 2. The van der Waals surface area contributed by atoms with Crippen LogP contribution in [0.25, 0.3) is 0 Å². The second-order valence-electron chi connectivity index (χ2n) is 6.49. The van der Waals surface area contributed by atoms with Crippen LogP contribution in [0.5, 0.6) is 0 Å². The van der Waals surface area contributed by atoms with Crippen LogP contribution in [0, 0.1) is 6.92 Å². The fourth-order valence-corrected chi connectivity index (χ4v) is 3.45. The van der Waals surface area contributed by atoms with Crippen molar-refractivity contribution in [2.24, 2.45) is 0 Å². The van der Waals surface area contributed by atoms with Gasteiger partial charge in [0.25, 0.3) is 15.9 Å². The Balaban J connectivity index is 2.10. The zero-order chi connectivity index (χ0) is 20.7. The fraction of sp³-hybridized carbons (Fsp3) is 0.300. The van der Waals surface area contributed by atoms with E-state index in [0.29, 0.717) is 6.54 Å². The van der Waals surface area contributed by atoms with Gasteiger partial charge in [-0.25, -0.2) is 8.42 Å². The van der Waals surface area contributed by atoms with Crippen LogP contribution in [0.15, 0.2) is 53.4 Å². The van der Waals surface area contributed by atoms with Crippen molar-refractivity contribution in [3.05, 3.63) is 59.7 Å². The SMILES string of the molecule is CCCNC(=O)[C@H](C)NC(=O)c1cccc(NS(=O)(=O)c2ccc(C)cc2)c1. The molecule has 0 bridgehead atoms. The molecule has 2 aromatic carbocycles. The third kappa shape index (κ3) is 5.82. The molecule has 8 heteroatoms. The summed E-state index contributed by atoms with van der Waals surface area (Å²) in [7, 11) is -3.77. The van der Waals surface area contributed by atoms with Crippen molar-refractivity contribution in [3.63, 3.8) is 0 Å². The van der Waals surface area contributed by atoms with Gasteiger partial charge in [-0.15, -0.1) is 0 Å². The summed E-state index contributed by atoms with van der Waals surface area (Å²) in [5, 5.41) is 5.31. The van der Waals surface area contributed by atoms with E-state index < -0.39 is 22.0 Å². The first-order valence-corrected chi connectivity index (χ1v) is 10.5. The van der Waals surface area contributed by atoms with Crippen LogP contribution in [0.3, 0.4) is 0 Å². The highest BCUT2D eigenvalue weighted by Crippen LogP contribution is 2.18. The normalized spacial score (nSPS) is 12.1. The smallest absolute Gasteiger partial charge is 0.261 e. The molecule has 2 rings (SSSR count). The van der Waals surface area contributed by atoms with Gasteiger partial charge < -0.3 is 10.6 Å². The van der Waals surface area contributed by atoms with Crippen molar-refractivity contribution in [2.75, 3.05) is 11.3 Å². The lowest BCUT2D eigenvalue weighted by Gasteiger charge is -2.14. The van der Waals surface area contributed by atoms with Crippen molar-refractivity contribution in [1.29, 1.82) is 0 Å². The Hall–Kier alpha value is -2.87. The zero-order valence-corrected chi connectivity index (χ0v) is 17.0. The van der Waals surface area contributed by atoms with E-state index >= 15 is 0 Å². The summed E-state index contributed by atoms with van der Waals surface area (Å²) in [6.07, 6.45) is 0.801. The monoisotopic (exact) mass is 403 g/mol. The predicted octanol–water partition coefficient (Wildman–Crippen LogP) is 2.44. The third-order valence-electron chi connectivity index (χ3n) is 4.00. The quantitative estimate of drug-likeness (QED) is 0.630. The summed E-state index contributed by atoms with van der Waals surface area (Å²) >= 11 is 0. The maximum Gasteiger partial charge on any atom is 0.261 e. The lowest BCUT2D eigenvalue weighted by atomic mass is 10.2. The summed E-state index contributed by atoms with van der Waals surface area (Å²) in [5.41, 5.74) is 1.46. The third-order valence-corrected chi connectivity index (χ3v) is 5.40. The maximum absolute atomic E-state index is 12.5. The number of benzene rings is 2. The van der Waals surface area contributed by atoms with Gasteiger partial charge in [0.15, 0.2) is 0 Å². The highest BCUT2D eigenvalue weighted by Gasteiger charge is 2.18. The van der Waals surface area contributed by atoms with Crippen molar-refractivity contribution in [2.45, 2.75) is 38.1 Å². The molecule has 7 nitrogen and oxygen atoms in total. The van der Waals surface area contributed by atoms with E-state index in [1.807, 2.05) is 13.8 Å². The Kier molecular flexibility index (Phi) is 7.17. The Bertz CT molecular complexity index is 940. The van der Waals surface area contributed by atoms with E-state index in [9.17, 15) is 18.0 Å². The van der Waals surface area contributed by atoms with E-state index in [1.165, 1.54) is 18.2 Å². The lowest BCUT2D eigenvalue weighted by molar-refractivity contribution is -0.122. The van der Waals surface area contributed by atoms with Gasteiger partial charge in [0.05, 0.1) is 4.90 Å². The number of aryl methyl sites for hydroxylation is 1. The Morgan fingerprint density at radius 3 is 2.39 bits per heavy atom. The van der Waals surface area contributed by atoms with Gasteiger partial charge in [0.2, 0.25) is 5.91 Å². The van der Waals surface area contributed by atoms with E-state index in [0.717, 1.165) is 12.0 Å². The molecule has 0 saturated heterocycles. The van der Waals surface area contributed by atoms with Gasteiger partial charge in [0, 0.05) is 17.8 Å². The fourth-order valence-electron chi connectivity index (χ4n) is 2.40. The molecule has 0 radical (unpaired) electrons. The van der Waals surface area contributed by atoms with Gasteiger partial charge in [-0.2, -0.15) is 0 Å². The molecule has 0 saturated carbocycles. The molecule has 0 fully saturated rings. The average molecular weight is 404 g/mol. The largest absolute Gasteiger partial charge is 0.354 e. The number of hydrogen-bond acceptors (Lipinski definition) is 4. The van der Waals surface area contributed by atoms with Crippen LogP contribution in [0.2, 0.25) is 0 Å². The maximum atomic E-state index is 12.5. The van der Waals surface area contributed by atoms with Crippen molar-refractivity contribution in [1.82, 2.24) is 10.6 Å². The Morgan fingerprint density at radius 2 is 1.75 bits per heavy atom. The van der Waals surface area contributed by atoms with Gasteiger partial charge in [-0.1, -0.05) is 30.7 Å². The van der Waals surface area contributed by atoms with Crippen LogP contribution in [0.4, 0.5) is 5.69 Å². The van der Waals surface area contributed by atoms with Crippen LogP contribution in [-0.2, 0) is 14.8 Å². The molecule has 0 unspecified atom stereocenters. The molecule has 0 heterocycles. The van der Waals surface area contributed by atoms with E-state index in [4.69, 9.17) is 0 Å². The minimum Gasteiger partial charge on any atom is -0.354 e. The molecule has 0 aliphatic carbocycles. The first-order chi connectivity index (χ1) is 13.2. The summed E-state index contributed by atoms with van der Waals surface area (Å²) in [4.78, 5) is 24.4. The van der Waals surface area contributed by atoms with Gasteiger partial charge in [-0.3, -0.25) is 14.3 Å². The van der Waals surface area contributed by atoms with E-state index in [1.54, 1.807) is 37.3 Å². The molecular weight excluding hydrogens is 378 g/mol. The highest BCUT2D eigenvalue weighted by atomic mass is 32.2. The molecule has 2 aromatic rings. The summed E-state index contributed by atoms with van der Waals surface area (Å²) in [6.45, 7) is 5.93. The van der Waals surface area contributed by atoms with E-state index in [-0.39, 0.29) is 22.1 Å². The Labute approximate surface area is 165 Å². The van der Waals surface area contributed by atoms with Crippen LogP contribution >= 0.6 is 0 Å². The molecule has 0 spiro atoms. The number of anilines is 1. The average Bonchev–Trinajstić information content (AvgIpc) is 2.66. The standard InChI is InChI=1S/C20H25N3O4S/c1-4-12-21-19(24)15(3)22-20(25)16-6-5-7-17(13-16)23-28(26,27)18-10-8-14(2)9-11-18/h5-11,13,15,23H,4,12H2,1-3H3,(H,21,24)(H,22,25)/t15-/m0/s1. The molecule has 0 aromatic heterocycles. The molecular formula is C20H25N3O4S. The zero-order valence-electron chi connectivity index (χ0n) is 16.2. The minimum absolute atomic E-state index is 0.133. The van der Waals surface area contributed by atoms with Crippen LogP contribution in [-0.4, -0.2) is 32.8 Å². The molecule has 28 heavy (non-hydrogen) atoms. The van der Waals surface area contributed by atoms with Crippen LogP contribution < -0.4 is 15.4 Å². The minimum atomic E-state index is -3.77. The summed E-state index contributed by atoms with van der Waals surface area (Å²) in [5.74, 6) is -0.734. The van der Waals surface area contributed by atoms with Gasteiger partial charge >= 0.3 is 0 Å². The molecule has 0 aliphatic heterocycles. The number of sulfonamides is 1. The molecule has 150 valence electrons. The molecule has 3 N–H and O–H groups in total. The van der Waals surface area contributed by atoms with Crippen molar-refractivity contribution >= 4 is 27.5 Å². The van der Waals surface area contributed by atoms with E-state index in [2.05, 4.69) is 15.4 Å². The lowest BCUT2D eigenvalue weighted by Crippen LogP contribution is -2.45. The first-order valence-electron chi connectivity index (χ1n) is 9.01. The number of rotatable bonds is 8. The second-order valence-corrected chi connectivity index (χ2v) is 8.17. The number of amides is 2. The van der Waals surface area contributed by atoms with Crippen molar-refractivity contribution < 1.29 is 18.0 Å². The molecule has 2 amide bonds. The molecule has 0 aliphatic rings. The summed E-state index contributed by atoms with van der Waals surface area (Å²) < 4.78 is 27.5. The first kappa shape index (κ1) is 21.4. The van der Waals surface area contributed by atoms with Gasteiger partial charge in [0.1, 0.15) is 6.04 Å². The molecule has 1 atom stereocenters.